The predicted octanol–water partition coefficient (Wildman–Crippen LogP) is 1.11. The molecule has 0 bridgehead atoms. The molecule has 2 rings (SSSR count). The van der Waals surface area contributed by atoms with Crippen molar-refractivity contribution in [1.82, 2.24) is 9.97 Å². The molecule has 0 radical (unpaired) electrons. The molecule has 0 aliphatic rings. The summed E-state index contributed by atoms with van der Waals surface area (Å²) in [6, 6.07) is 2.36. The van der Waals surface area contributed by atoms with Crippen molar-refractivity contribution in [2.24, 2.45) is 0 Å². The molecule has 1 aromatic heterocycles. The third-order valence-corrected chi connectivity index (χ3v) is 2.94. The first kappa shape index (κ1) is 14.4. The van der Waals surface area contributed by atoms with Crippen LogP contribution in [0.25, 0.3) is 10.9 Å². The van der Waals surface area contributed by atoms with Crippen LogP contribution in [0.1, 0.15) is 13.8 Å². The Balaban J connectivity index is 2.67. The van der Waals surface area contributed by atoms with Crippen molar-refractivity contribution in [2.75, 3.05) is 5.32 Å². The summed E-state index contributed by atoms with van der Waals surface area (Å²) in [5.41, 5.74) is -2.10. The molecule has 3 N–H and O–H groups in total. The van der Waals surface area contributed by atoms with E-state index in [1.807, 2.05) is 0 Å². The van der Waals surface area contributed by atoms with E-state index in [9.17, 15) is 19.7 Å². The van der Waals surface area contributed by atoms with E-state index >= 15 is 0 Å². The van der Waals surface area contributed by atoms with Gasteiger partial charge in [-0.1, -0.05) is 0 Å². The molecule has 0 aliphatic heterocycles. The molecule has 0 unspecified atom stereocenters. The van der Waals surface area contributed by atoms with Crippen molar-refractivity contribution in [3.63, 3.8) is 0 Å². The lowest BCUT2D eigenvalue weighted by molar-refractivity contribution is -0.383. The van der Waals surface area contributed by atoms with Gasteiger partial charge in [-0.25, -0.2) is 9.78 Å². The van der Waals surface area contributed by atoms with Gasteiger partial charge < -0.3 is 15.4 Å². The SMILES string of the molecule is CC(C)(Nc1cc2nc[nH]c(=O)c2cc1[N+](=O)[O-])C(=O)O. The number of hydrogen-bond donors (Lipinski definition) is 3. The molecule has 9 heteroatoms. The monoisotopic (exact) mass is 292 g/mol. The number of aliphatic carboxylic acids is 1. The summed E-state index contributed by atoms with van der Waals surface area (Å²) < 4.78 is 0. The van der Waals surface area contributed by atoms with Gasteiger partial charge in [0, 0.05) is 6.07 Å². The van der Waals surface area contributed by atoms with Gasteiger partial charge in [0.25, 0.3) is 11.2 Å². The molecule has 21 heavy (non-hydrogen) atoms. The number of rotatable bonds is 4. The van der Waals surface area contributed by atoms with E-state index < -0.39 is 27.7 Å². The quantitative estimate of drug-likeness (QED) is 0.566. The van der Waals surface area contributed by atoms with Crippen molar-refractivity contribution in [3.8, 4) is 0 Å². The summed E-state index contributed by atoms with van der Waals surface area (Å²) in [6.45, 7) is 2.74. The molecule has 2 aromatic rings. The van der Waals surface area contributed by atoms with E-state index in [-0.39, 0.29) is 16.6 Å². The minimum atomic E-state index is -1.42. The molecule has 0 amide bonds. The summed E-state index contributed by atoms with van der Waals surface area (Å²) in [5.74, 6) is -1.17. The van der Waals surface area contributed by atoms with Gasteiger partial charge in [-0.15, -0.1) is 0 Å². The van der Waals surface area contributed by atoms with Gasteiger partial charge in [-0.05, 0) is 19.9 Å². The number of nitrogens with one attached hydrogen (secondary N) is 2. The minimum absolute atomic E-state index is 0.0157. The van der Waals surface area contributed by atoms with Gasteiger partial charge in [0.05, 0.1) is 22.2 Å². The highest BCUT2D eigenvalue weighted by Crippen LogP contribution is 2.30. The number of aromatic amines is 1. The largest absolute Gasteiger partial charge is 0.480 e. The zero-order chi connectivity index (χ0) is 15.8. The van der Waals surface area contributed by atoms with Crippen LogP contribution >= 0.6 is 0 Å². The van der Waals surface area contributed by atoms with Gasteiger partial charge in [0.2, 0.25) is 0 Å². The standard InChI is InChI=1S/C12H12N4O5/c1-12(2,11(18)19)15-8-4-7-6(3-9(8)16(20)21)10(17)14-5-13-7/h3-5,15H,1-2H3,(H,18,19)(H,13,14,17). The maximum atomic E-state index is 11.6. The number of fused-ring (bicyclic) bond motifs is 1. The average molecular weight is 292 g/mol. The van der Waals surface area contributed by atoms with Gasteiger partial charge >= 0.3 is 5.97 Å². The fourth-order valence-corrected chi connectivity index (χ4v) is 1.75. The van der Waals surface area contributed by atoms with Crippen LogP contribution in [0.2, 0.25) is 0 Å². The van der Waals surface area contributed by atoms with Crippen LogP contribution in [0, 0.1) is 10.1 Å². The number of aromatic nitrogens is 2. The first-order valence-electron chi connectivity index (χ1n) is 5.90. The van der Waals surface area contributed by atoms with Gasteiger partial charge in [-0.2, -0.15) is 0 Å². The topological polar surface area (TPSA) is 138 Å². The molecule has 0 saturated heterocycles. The van der Waals surface area contributed by atoms with Gasteiger partial charge in [0.15, 0.2) is 0 Å². The number of hydrogen-bond acceptors (Lipinski definition) is 6. The maximum Gasteiger partial charge on any atom is 0.328 e. The number of carboxylic acids is 1. The number of carbonyl (C=O) groups is 1. The smallest absolute Gasteiger partial charge is 0.328 e. The Labute approximate surface area is 117 Å². The third kappa shape index (κ3) is 2.66. The molecule has 0 fully saturated rings. The fraction of sp³-hybridized carbons (Fsp3) is 0.250. The summed E-state index contributed by atoms with van der Waals surface area (Å²) >= 11 is 0. The van der Waals surface area contributed by atoms with E-state index in [1.165, 1.54) is 26.2 Å². The summed E-state index contributed by atoms with van der Waals surface area (Å²) in [6.07, 6.45) is 1.17. The maximum absolute atomic E-state index is 11.6. The van der Waals surface area contributed by atoms with Crippen LogP contribution in [0.5, 0.6) is 0 Å². The second kappa shape index (κ2) is 4.85. The Kier molecular flexibility index (Phi) is 3.34. The van der Waals surface area contributed by atoms with Crippen LogP contribution in [0.15, 0.2) is 23.3 Å². The molecule has 1 aromatic carbocycles. The molecular formula is C12H12N4O5. The van der Waals surface area contributed by atoms with Gasteiger partial charge in [0.1, 0.15) is 11.2 Å². The number of nitrogens with zero attached hydrogens (tertiary/aromatic N) is 2. The number of anilines is 1. The molecule has 0 spiro atoms. The molecular weight excluding hydrogens is 280 g/mol. The van der Waals surface area contributed by atoms with Crippen LogP contribution < -0.4 is 10.9 Å². The Morgan fingerprint density at radius 2 is 2.14 bits per heavy atom. The first-order chi connectivity index (χ1) is 9.72. The fourth-order valence-electron chi connectivity index (χ4n) is 1.75. The van der Waals surface area contributed by atoms with Crippen molar-refractivity contribution in [2.45, 2.75) is 19.4 Å². The number of H-pyrrole nitrogens is 1. The molecule has 110 valence electrons. The number of nitro groups is 1. The van der Waals surface area contributed by atoms with E-state index in [2.05, 4.69) is 15.3 Å². The molecule has 0 atom stereocenters. The predicted molar refractivity (Wildman–Crippen MR) is 74.4 cm³/mol. The first-order valence-corrected chi connectivity index (χ1v) is 5.90. The van der Waals surface area contributed by atoms with Crippen molar-refractivity contribution >= 4 is 28.2 Å². The Morgan fingerprint density at radius 1 is 1.48 bits per heavy atom. The zero-order valence-electron chi connectivity index (χ0n) is 11.2. The van der Waals surface area contributed by atoms with E-state index in [0.717, 1.165) is 6.07 Å². The molecule has 0 aliphatic carbocycles. The normalized spacial score (nSPS) is 11.3. The highest BCUT2D eigenvalue weighted by atomic mass is 16.6. The molecule has 9 nitrogen and oxygen atoms in total. The van der Waals surface area contributed by atoms with Crippen LogP contribution in [0.4, 0.5) is 11.4 Å². The van der Waals surface area contributed by atoms with Crippen molar-refractivity contribution in [3.05, 3.63) is 38.9 Å². The van der Waals surface area contributed by atoms with Crippen molar-refractivity contribution < 1.29 is 14.8 Å². The zero-order valence-corrected chi connectivity index (χ0v) is 11.2. The molecule has 0 saturated carbocycles. The summed E-state index contributed by atoms with van der Waals surface area (Å²) in [7, 11) is 0. The van der Waals surface area contributed by atoms with Crippen molar-refractivity contribution in [1.29, 1.82) is 0 Å². The lowest BCUT2D eigenvalue weighted by Gasteiger charge is -2.22. The Hall–Kier alpha value is -2.97. The van der Waals surface area contributed by atoms with E-state index in [0.29, 0.717) is 0 Å². The second-order valence-corrected chi connectivity index (χ2v) is 4.93. The average Bonchev–Trinajstić information content (AvgIpc) is 2.37. The second-order valence-electron chi connectivity index (χ2n) is 4.93. The Morgan fingerprint density at radius 3 is 2.71 bits per heavy atom. The highest BCUT2D eigenvalue weighted by molar-refractivity contribution is 5.89. The third-order valence-electron chi connectivity index (χ3n) is 2.94. The minimum Gasteiger partial charge on any atom is -0.480 e. The molecule has 1 heterocycles. The summed E-state index contributed by atoms with van der Waals surface area (Å²) in [4.78, 5) is 39.4. The van der Waals surface area contributed by atoms with Gasteiger partial charge in [-0.3, -0.25) is 14.9 Å². The Bertz CT molecular complexity index is 796. The van der Waals surface area contributed by atoms with E-state index in [4.69, 9.17) is 5.11 Å². The number of benzene rings is 1. The summed E-state index contributed by atoms with van der Waals surface area (Å²) in [5, 5.41) is 22.8. The highest BCUT2D eigenvalue weighted by Gasteiger charge is 2.30. The van der Waals surface area contributed by atoms with Crippen LogP contribution in [-0.2, 0) is 4.79 Å². The van der Waals surface area contributed by atoms with Crippen LogP contribution in [0.3, 0.4) is 0 Å². The van der Waals surface area contributed by atoms with E-state index in [1.54, 1.807) is 0 Å². The number of carboxylic acid groups (broad SMARTS) is 1. The lowest BCUT2D eigenvalue weighted by Crippen LogP contribution is -2.40. The number of nitro benzene ring substituents is 1. The van der Waals surface area contributed by atoms with Crippen LogP contribution in [-0.4, -0.2) is 31.5 Å². The lowest BCUT2D eigenvalue weighted by atomic mass is 10.0.